The molecular formula is C22H18ClF3N2OS. The average Bonchev–Trinajstić information content (AvgIpc) is 3.33. The van der Waals surface area contributed by atoms with Crippen LogP contribution >= 0.6 is 22.9 Å². The number of rotatable bonds is 6. The number of aryl methyl sites for hydroxylation is 1. The lowest BCUT2D eigenvalue weighted by Crippen LogP contribution is -2.22. The van der Waals surface area contributed by atoms with Gasteiger partial charge in [-0.25, -0.2) is 4.98 Å². The highest BCUT2D eigenvalue weighted by atomic mass is 35.5. The minimum absolute atomic E-state index is 0.230. The van der Waals surface area contributed by atoms with Crippen LogP contribution in [0.2, 0.25) is 4.47 Å². The van der Waals surface area contributed by atoms with Crippen LogP contribution in [0.4, 0.5) is 13.2 Å². The van der Waals surface area contributed by atoms with Crippen molar-refractivity contribution in [1.82, 2.24) is 9.88 Å². The number of alkyl halides is 3. The molecule has 0 saturated heterocycles. The molecule has 0 unspecified atom stereocenters. The van der Waals surface area contributed by atoms with Gasteiger partial charge in [0.2, 0.25) is 5.76 Å². The molecule has 0 amide bonds. The van der Waals surface area contributed by atoms with E-state index >= 15 is 0 Å². The fourth-order valence-electron chi connectivity index (χ4n) is 3.46. The van der Waals surface area contributed by atoms with Crippen LogP contribution in [0.1, 0.15) is 27.5 Å². The van der Waals surface area contributed by atoms with Crippen LogP contribution in [-0.4, -0.2) is 9.88 Å². The van der Waals surface area contributed by atoms with E-state index in [1.807, 2.05) is 30.0 Å². The van der Waals surface area contributed by atoms with E-state index in [1.165, 1.54) is 17.4 Å². The second kappa shape index (κ2) is 8.41. The second-order valence-electron chi connectivity index (χ2n) is 7.07. The highest BCUT2D eigenvalue weighted by molar-refractivity contribution is 7.15. The third kappa shape index (κ3) is 4.69. The number of hydrogen-bond acceptors (Lipinski definition) is 4. The predicted octanol–water partition coefficient (Wildman–Crippen LogP) is 7.07. The third-order valence-corrected chi connectivity index (χ3v) is 5.98. The number of hydrogen-bond donors (Lipinski definition) is 0. The van der Waals surface area contributed by atoms with E-state index in [1.54, 1.807) is 6.20 Å². The van der Waals surface area contributed by atoms with Crippen LogP contribution in [-0.2, 0) is 25.8 Å². The summed E-state index contributed by atoms with van der Waals surface area (Å²) in [6.45, 7) is 3.31. The van der Waals surface area contributed by atoms with Gasteiger partial charge in [0.25, 0.3) is 0 Å². The fraction of sp³-hybridized carbons (Fsp3) is 0.227. The van der Waals surface area contributed by atoms with Gasteiger partial charge in [0, 0.05) is 24.2 Å². The molecule has 0 fully saturated rings. The summed E-state index contributed by atoms with van der Waals surface area (Å²) < 4.78 is 44.3. The van der Waals surface area contributed by atoms with Crippen molar-refractivity contribution in [2.75, 3.05) is 0 Å². The van der Waals surface area contributed by atoms with Gasteiger partial charge in [0.15, 0.2) is 4.47 Å². The van der Waals surface area contributed by atoms with Gasteiger partial charge < -0.3 is 4.42 Å². The SMILES string of the molecule is Cc1ccc2ccccc2c1CN(Cc1ccc(C(F)(F)F)o1)Cc1cnc(Cl)s1. The van der Waals surface area contributed by atoms with E-state index in [-0.39, 0.29) is 12.3 Å². The first-order valence-electron chi connectivity index (χ1n) is 9.25. The molecule has 2 aromatic heterocycles. The Morgan fingerprint density at radius 3 is 2.53 bits per heavy atom. The van der Waals surface area contributed by atoms with Crippen molar-refractivity contribution in [1.29, 1.82) is 0 Å². The molecule has 0 N–H and O–H groups in total. The quantitative estimate of drug-likeness (QED) is 0.314. The first kappa shape index (κ1) is 20.9. The largest absolute Gasteiger partial charge is 0.455 e. The summed E-state index contributed by atoms with van der Waals surface area (Å²) in [6.07, 6.45) is -2.81. The molecule has 0 saturated carbocycles. The zero-order chi connectivity index (χ0) is 21.3. The van der Waals surface area contributed by atoms with Gasteiger partial charge in [-0.1, -0.05) is 48.0 Å². The van der Waals surface area contributed by atoms with Crippen LogP contribution in [0.15, 0.2) is 59.1 Å². The molecule has 4 rings (SSSR count). The maximum atomic E-state index is 12.9. The number of fused-ring (bicyclic) bond motifs is 1. The summed E-state index contributed by atoms with van der Waals surface area (Å²) in [5.41, 5.74) is 2.25. The number of thiazole rings is 1. The van der Waals surface area contributed by atoms with Crippen LogP contribution in [0, 0.1) is 6.92 Å². The van der Waals surface area contributed by atoms with E-state index in [4.69, 9.17) is 16.0 Å². The van der Waals surface area contributed by atoms with Crippen molar-refractivity contribution in [2.24, 2.45) is 0 Å². The number of benzene rings is 2. The molecule has 0 radical (unpaired) electrons. The Kier molecular flexibility index (Phi) is 5.86. The van der Waals surface area contributed by atoms with Gasteiger partial charge >= 0.3 is 6.18 Å². The van der Waals surface area contributed by atoms with Crippen LogP contribution in [0.5, 0.6) is 0 Å². The van der Waals surface area contributed by atoms with Crippen molar-refractivity contribution in [3.05, 3.63) is 86.7 Å². The van der Waals surface area contributed by atoms with Crippen molar-refractivity contribution in [3.8, 4) is 0 Å². The van der Waals surface area contributed by atoms with Crippen molar-refractivity contribution in [2.45, 2.75) is 32.7 Å². The third-order valence-electron chi connectivity index (χ3n) is 4.88. The van der Waals surface area contributed by atoms with Crippen molar-refractivity contribution >= 4 is 33.7 Å². The summed E-state index contributed by atoms with van der Waals surface area (Å²) in [6, 6.07) is 14.6. The molecule has 0 bridgehead atoms. The van der Waals surface area contributed by atoms with E-state index < -0.39 is 11.9 Å². The topological polar surface area (TPSA) is 29.3 Å². The van der Waals surface area contributed by atoms with Gasteiger partial charge in [-0.3, -0.25) is 4.90 Å². The Balaban J connectivity index is 1.66. The highest BCUT2D eigenvalue weighted by Gasteiger charge is 2.34. The van der Waals surface area contributed by atoms with E-state index in [2.05, 4.69) is 23.2 Å². The van der Waals surface area contributed by atoms with Crippen molar-refractivity contribution in [3.63, 3.8) is 0 Å². The number of furan rings is 1. The Morgan fingerprint density at radius 2 is 1.83 bits per heavy atom. The minimum Gasteiger partial charge on any atom is -0.455 e. The van der Waals surface area contributed by atoms with Gasteiger partial charge in [0.05, 0.1) is 6.54 Å². The maximum Gasteiger partial charge on any atom is 0.449 e. The molecule has 0 spiro atoms. The predicted molar refractivity (Wildman–Crippen MR) is 112 cm³/mol. The molecule has 8 heteroatoms. The molecule has 156 valence electrons. The molecular weight excluding hydrogens is 433 g/mol. The summed E-state index contributed by atoms with van der Waals surface area (Å²) in [4.78, 5) is 7.04. The summed E-state index contributed by atoms with van der Waals surface area (Å²) >= 11 is 7.32. The zero-order valence-corrected chi connectivity index (χ0v) is 17.6. The molecule has 0 aliphatic carbocycles. The Bertz CT molecular complexity index is 1170. The smallest absolute Gasteiger partial charge is 0.449 e. The second-order valence-corrected chi connectivity index (χ2v) is 8.77. The summed E-state index contributed by atoms with van der Waals surface area (Å²) in [5.74, 6) is -0.726. The van der Waals surface area contributed by atoms with Crippen LogP contribution < -0.4 is 0 Å². The van der Waals surface area contributed by atoms with Crippen molar-refractivity contribution < 1.29 is 17.6 Å². The Morgan fingerprint density at radius 1 is 1.03 bits per heavy atom. The Labute approximate surface area is 180 Å². The van der Waals surface area contributed by atoms with Gasteiger partial charge in [-0.15, -0.1) is 11.3 Å². The van der Waals surface area contributed by atoms with E-state index in [0.29, 0.717) is 17.6 Å². The number of aromatic nitrogens is 1. The van der Waals surface area contributed by atoms with Gasteiger partial charge in [0.1, 0.15) is 5.76 Å². The molecule has 2 heterocycles. The standard InChI is InChI=1S/C22H18ClF3N2OS/c1-14-6-7-15-4-2-3-5-18(15)19(14)13-28(12-17-10-27-21(23)30-17)11-16-8-9-20(29-16)22(24,25)26/h2-10H,11-13H2,1H3. The zero-order valence-electron chi connectivity index (χ0n) is 16.0. The van der Waals surface area contributed by atoms with Gasteiger partial charge in [-0.05, 0) is 41.0 Å². The lowest BCUT2D eigenvalue weighted by molar-refractivity contribution is -0.153. The lowest BCUT2D eigenvalue weighted by Gasteiger charge is -2.23. The van der Waals surface area contributed by atoms with E-state index in [9.17, 15) is 13.2 Å². The highest BCUT2D eigenvalue weighted by Crippen LogP contribution is 2.32. The molecule has 30 heavy (non-hydrogen) atoms. The van der Waals surface area contributed by atoms with Gasteiger partial charge in [-0.2, -0.15) is 13.2 Å². The van der Waals surface area contributed by atoms with E-state index in [0.717, 1.165) is 32.8 Å². The average molecular weight is 451 g/mol. The molecule has 0 atom stereocenters. The van der Waals surface area contributed by atoms with Crippen LogP contribution in [0.25, 0.3) is 10.8 Å². The molecule has 3 nitrogen and oxygen atoms in total. The molecule has 4 aromatic rings. The first-order valence-corrected chi connectivity index (χ1v) is 10.4. The summed E-state index contributed by atoms with van der Waals surface area (Å²) in [7, 11) is 0. The maximum absolute atomic E-state index is 12.9. The minimum atomic E-state index is -4.50. The molecule has 0 aliphatic rings. The number of halogens is 4. The molecule has 0 aliphatic heterocycles. The monoisotopic (exact) mass is 450 g/mol. The normalized spacial score (nSPS) is 12.2. The number of nitrogens with zero attached hydrogens (tertiary/aromatic N) is 2. The fourth-order valence-corrected chi connectivity index (χ4v) is 4.48. The summed E-state index contributed by atoms with van der Waals surface area (Å²) in [5, 5.41) is 2.25. The first-order chi connectivity index (χ1) is 14.3. The lowest BCUT2D eigenvalue weighted by atomic mass is 9.99. The molecule has 2 aromatic carbocycles. The Hall–Kier alpha value is -2.35. The van der Waals surface area contributed by atoms with Crippen LogP contribution in [0.3, 0.4) is 0 Å².